The molecule has 0 radical (unpaired) electrons. The van der Waals surface area contributed by atoms with E-state index in [-0.39, 0.29) is 5.56 Å². The van der Waals surface area contributed by atoms with Crippen molar-refractivity contribution in [3.8, 4) is 0 Å². The minimum absolute atomic E-state index is 0.282. The Morgan fingerprint density at radius 1 is 1.26 bits per heavy atom. The summed E-state index contributed by atoms with van der Waals surface area (Å²) < 4.78 is 17.1. The van der Waals surface area contributed by atoms with Crippen LogP contribution >= 0.6 is 23.2 Å². The number of amides is 1. The van der Waals surface area contributed by atoms with Gasteiger partial charge in [0.2, 0.25) is 0 Å². The molecule has 0 aliphatic rings. The Morgan fingerprint density at radius 3 is 2.59 bits per heavy atom. The average Bonchev–Trinajstić information content (AvgIpc) is 2.61. The molecule has 0 saturated heterocycles. The van der Waals surface area contributed by atoms with Gasteiger partial charge in [-0.3, -0.25) is 4.79 Å². The Kier molecular flexibility index (Phi) is 7.03. The molecule has 0 aliphatic carbocycles. The second-order valence-corrected chi connectivity index (χ2v) is 9.17. The summed E-state index contributed by atoms with van der Waals surface area (Å²) in [5, 5.41) is 0.758. The van der Waals surface area contributed by atoms with E-state index in [1.54, 1.807) is 43.6 Å². The summed E-state index contributed by atoms with van der Waals surface area (Å²) in [4.78, 5) is 19.0. The Labute approximate surface area is 170 Å². The van der Waals surface area contributed by atoms with Crippen molar-refractivity contribution < 1.29 is 9.00 Å². The molecule has 0 fully saturated rings. The van der Waals surface area contributed by atoms with Crippen LogP contribution in [-0.2, 0) is 9.73 Å². The van der Waals surface area contributed by atoms with Crippen LogP contribution < -0.4 is 0 Å². The van der Waals surface area contributed by atoms with Gasteiger partial charge < -0.3 is 4.90 Å². The molecule has 0 bridgehead atoms. The van der Waals surface area contributed by atoms with Crippen molar-refractivity contribution in [1.29, 1.82) is 0 Å². The van der Waals surface area contributed by atoms with E-state index < -0.39 is 15.6 Å². The van der Waals surface area contributed by atoms with Crippen molar-refractivity contribution in [1.82, 2.24) is 4.90 Å². The molecule has 144 valence electrons. The third-order valence-corrected chi connectivity index (χ3v) is 6.18. The first kappa shape index (κ1) is 21.4. The lowest BCUT2D eigenvalue weighted by atomic mass is 10.2. The normalized spacial score (nSPS) is 13.4. The Bertz CT molecular complexity index is 1010. The van der Waals surface area contributed by atoms with Crippen LogP contribution in [0.25, 0.3) is 0 Å². The Morgan fingerprint density at radius 2 is 1.96 bits per heavy atom. The molecule has 0 N–H and O–H groups in total. The highest BCUT2D eigenvalue weighted by molar-refractivity contribution is 7.93. The smallest absolute Gasteiger partial charge is 0.285 e. The molecule has 0 heterocycles. The van der Waals surface area contributed by atoms with E-state index in [2.05, 4.69) is 9.36 Å². The summed E-state index contributed by atoms with van der Waals surface area (Å²) in [6.45, 7) is 4.61. The van der Waals surface area contributed by atoms with Crippen molar-refractivity contribution in [2.75, 3.05) is 19.8 Å². The van der Waals surface area contributed by atoms with Crippen LogP contribution in [0.2, 0.25) is 10.0 Å². The predicted octanol–water partition coefficient (Wildman–Crippen LogP) is 5.21. The lowest BCUT2D eigenvalue weighted by Crippen LogP contribution is -2.14. The van der Waals surface area contributed by atoms with Gasteiger partial charge in [-0.1, -0.05) is 29.3 Å². The van der Waals surface area contributed by atoms with Gasteiger partial charge in [0, 0.05) is 30.4 Å². The molecular formula is C19H21Cl2N3O2S. The first-order chi connectivity index (χ1) is 12.6. The fraction of sp³-hybridized carbons (Fsp3) is 0.263. The van der Waals surface area contributed by atoms with Gasteiger partial charge >= 0.3 is 0 Å². The molecule has 0 saturated carbocycles. The molecule has 1 atom stereocenters. The van der Waals surface area contributed by atoms with Crippen LogP contribution in [0, 0.1) is 6.92 Å². The first-order valence-electron chi connectivity index (χ1n) is 8.20. The highest BCUT2D eigenvalue weighted by Gasteiger charge is 2.16. The zero-order chi connectivity index (χ0) is 20.2. The molecule has 27 heavy (non-hydrogen) atoms. The van der Waals surface area contributed by atoms with Crippen molar-refractivity contribution >= 4 is 50.9 Å². The molecule has 2 aromatic carbocycles. The fourth-order valence-electron chi connectivity index (χ4n) is 2.28. The number of rotatable bonds is 5. The van der Waals surface area contributed by atoms with Gasteiger partial charge in [0.05, 0.1) is 31.7 Å². The maximum Gasteiger partial charge on any atom is 0.285 e. The van der Waals surface area contributed by atoms with Crippen LogP contribution in [0.3, 0.4) is 0 Å². The quantitative estimate of drug-likeness (QED) is 0.487. The van der Waals surface area contributed by atoms with Gasteiger partial charge in [0.1, 0.15) is 0 Å². The standard InChI is InChI=1S/C19H21Cl2N3O2S/c1-5-24(3)12-22-17-9-13(2)18(11-16(17)21)27(4,26)23-19(25)14-7-6-8-15(20)10-14/h6-12H,5H2,1-4H3/b22-12+. The van der Waals surface area contributed by atoms with Gasteiger partial charge in [-0.2, -0.15) is 4.36 Å². The molecule has 5 nitrogen and oxygen atoms in total. The third kappa shape index (κ3) is 5.54. The largest absolute Gasteiger partial charge is 0.366 e. The molecule has 0 aliphatic heterocycles. The van der Waals surface area contributed by atoms with Crippen molar-refractivity contribution in [3.63, 3.8) is 0 Å². The van der Waals surface area contributed by atoms with E-state index >= 15 is 0 Å². The highest BCUT2D eigenvalue weighted by Crippen LogP contribution is 2.31. The van der Waals surface area contributed by atoms with Crippen LogP contribution in [0.4, 0.5) is 5.69 Å². The zero-order valence-corrected chi connectivity index (χ0v) is 17.9. The van der Waals surface area contributed by atoms with E-state index in [1.165, 1.54) is 12.3 Å². The fourth-order valence-corrected chi connectivity index (χ4v) is 4.26. The maximum atomic E-state index is 13.1. The van der Waals surface area contributed by atoms with Gasteiger partial charge in [-0.05, 0) is 49.7 Å². The van der Waals surface area contributed by atoms with Gasteiger partial charge in [0.25, 0.3) is 5.91 Å². The number of hydrogen-bond acceptors (Lipinski definition) is 3. The van der Waals surface area contributed by atoms with E-state index in [1.807, 2.05) is 18.9 Å². The van der Waals surface area contributed by atoms with Crippen LogP contribution in [0.15, 0.2) is 50.6 Å². The van der Waals surface area contributed by atoms with Crippen molar-refractivity contribution in [2.24, 2.45) is 9.36 Å². The van der Waals surface area contributed by atoms with Crippen LogP contribution in [0.1, 0.15) is 22.8 Å². The van der Waals surface area contributed by atoms with E-state index in [0.717, 1.165) is 6.54 Å². The predicted molar refractivity (Wildman–Crippen MR) is 113 cm³/mol. The van der Waals surface area contributed by atoms with E-state index in [9.17, 15) is 9.00 Å². The summed E-state index contributed by atoms with van der Waals surface area (Å²) in [5.74, 6) is -0.591. The Hall–Kier alpha value is -1.89. The van der Waals surface area contributed by atoms with Crippen molar-refractivity contribution in [2.45, 2.75) is 18.7 Å². The second kappa shape index (κ2) is 8.87. The number of benzene rings is 2. The van der Waals surface area contributed by atoms with E-state index in [4.69, 9.17) is 23.2 Å². The molecule has 8 heteroatoms. The number of carbonyl (C=O) groups is 1. The average molecular weight is 426 g/mol. The highest BCUT2D eigenvalue weighted by atomic mass is 35.5. The summed E-state index contributed by atoms with van der Waals surface area (Å²) in [5.41, 5.74) is 1.54. The number of nitrogens with zero attached hydrogens (tertiary/aromatic N) is 3. The topological polar surface area (TPSA) is 62.1 Å². The summed E-state index contributed by atoms with van der Waals surface area (Å²) in [7, 11) is -1.09. The number of carbonyl (C=O) groups excluding carboxylic acids is 1. The third-order valence-electron chi connectivity index (χ3n) is 3.87. The zero-order valence-electron chi connectivity index (χ0n) is 15.6. The molecule has 2 rings (SSSR count). The molecule has 0 aromatic heterocycles. The minimum atomic E-state index is -2.99. The maximum absolute atomic E-state index is 13.1. The molecular weight excluding hydrogens is 405 g/mol. The van der Waals surface area contributed by atoms with Gasteiger partial charge in [-0.15, -0.1) is 0 Å². The van der Waals surface area contributed by atoms with Gasteiger partial charge in [-0.25, -0.2) is 9.20 Å². The first-order valence-corrected chi connectivity index (χ1v) is 10.9. The van der Waals surface area contributed by atoms with Gasteiger partial charge in [0.15, 0.2) is 0 Å². The SMILES string of the molecule is CCN(C)/C=N/c1cc(C)c(S(C)(=O)=NC(=O)c2cccc(Cl)c2)cc1Cl. The van der Waals surface area contributed by atoms with Crippen molar-refractivity contribution in [3.05, 3.63) is 57.6 Å². The summed E-state index contributed by atoms with van der Waals surface area (Å²) in [6, 6.07) is 9.66. The molecule has 1 unspecified atom stereocenters. The lowest BCUT2D eigenvalue weighted by Gasteiger charge is -2.12. The molecule has 1 amide bonds. The number of aryl methyl sites for hydroxylation is 1. The lowest BCUT2D eigenvalue weighted by molar-refractivity contribution is 0.100. The number of halogens is 2. The Balaban J connectivity index is 2.44. The second-order valence-electron chi connectivity index (χ2n) is 6.10. The van der Waals surface area contributed by atoms with Crippen LogP contribution in [-0.4, -0.2) is 41.2 Å². The summed E-state index contributed by atoms with van der Waals surface area (Å²) in [6.07, 6.45) is 3.10. The van der Waals surface area contributed by atoms with Crippen LogP contribution in [0.5, 0.6) is 0 Å². The summed E-state index contributed by atoms with van der Waals surface area (Å²) >= 11 is 12.2. The molecule has 0 spiro atoms. The number of aliphatic imine (C=N–C) groups is 1. The number of hydrogen-bond donors (Lipinski definition) is 0. The minimum Gasteiger partial charge on any atom is -0.366 e. The van der Waals surface area contributed by atoms with E-state index in [0.29, 0.717) is 26.2 Å². The monoisotopic (exact) mass is 425 g/mol. The molecule has 2 aromatic rings.